The Morgan fingerprint density at radius 2 is 1.88 bits per heavy atom. The van der Waals surface area contributed by atoms with Crippen LogP contribution in [0.2, 0.25) is 5.02 Å². The second-order valence-corrected chi connectivity index (χ2v) is 5.92. The molecule has 1 unspecified atom stereocenters. The lowest BCUT2D eigenvalue weighted by atomic mass is 10.1. The lowest BCUT2D eigenvalue weighted by Crippen LogP contribution is -2.32. The van der Waals surface area contributed by atoms with Crippen molar-refractivity contribution in [2.24, 2.45) is 0 Å². The molecule has 6 heteroatoms. The summed E-state index contributed by atoms with van der Waals surface area (Å²) < 4.78 is 10.6. The number of nitrogens with one attached hydrogen (secondary N) is 2. The molecule has 2 N–H and O–H groups in total. The van der Waals surface area contributed by atoms with Crippen molar-refractivity contribution in [3.63, 3.8) is 0 Å². The first-order chi connectivity index (χ1) is 12.1. The monoisotopic (exact) mass is 362 g/mol. The number of anilines is 1. The number of methoxy groups -OCH3 is 1. The Kier molecular flexibility index (Phi) is 7.57. The fourth-order valence-electron chi connectivity index (χ4n) is 2.31. The summed E-state index contributed by atoms with van der Waals surface area (Å²) in [6.45, 7) is 2.91. The molecule has 0 fully saturated rings. The highest BCUT2D eigenvalue weighted by atomic mass is 35.5. The molecule has 0 saturated carbocycles. The molecular weight excluding hydrogens is 340 g/mol. The first-order valence-electron chi connectivity index (χ1n) is 8.10. The molecule has 134 valence electrons. The molecule has 0 heterocycles. The Bertz CT molecular complexity index is 680. The predicted molar refractivity (Wildman–Crippen MR) is 100 cm³/mol. The predicted octanol–water partition coefficient (Wildman–Crippen LogP) is 3.65. The lowest BCUT2D eigenvalue weighted by molar-refractivity contribution is -0.120. The Hall–Kier alpha value is -2.24. The molecular formula is C19H23ClN2O3. The van der Waals surface area contributed by atoms with Gasteiger partial charge in [0.15, 0.2) is 5.75 Å². The number of hydrogen-bond donors (Lipinski definition) is 2. The fourth-order valence-corrected chi connectivity index (χ4v) is 2.54. The van der Waals surface area contributed by atoms with Crippen LogP contribution in [0, 0.1) is 0 Å². The molecule has 0 spiro atoms. The van der Waals surface area contributed by atoms with Gasteiger partial charge in [-0.05, 0) is 24.6 Å². The van der Waals surface area contributed by atoms with E-state index in [-0.39, 0.29) is 18.5 Å². The molecule has 1 atom stereocenters. The summed E-state index contributed by atoms with van der Waals surface area (Å²) in [6.07, 6.45) is 0. The minimum atomic E-state index is -0.112. The molecule has 0 aliphatic carbocycles. The van der Waals surface area contributed by atoms with Gasteiger partial charge in [0, 0.05) is 7.11 Å². The maximum atomic E-state index is 12.2. The maximum absolute atomic E-state index is 12.2. The third-order valence-electron chi connectivity index (χ3n) is 3.62. The van der Waals surface area contributed by atoms with Gasteiger partial charge < -0.3 is 20.1 Å². The van der Waals surface area contributed by atoms with Crippen molar-refractivity contribution in [2.75, 3.05) is 32.2 Å². The first kappa shape index (κ1) is 19.1. The minimum absolute atomic E-state index is 0.0627. The molecule has 1 amide bonds. The van der Waals surface area contributed by atoms with Gasteiger partial charge in [-0.15, -0.1) is 0 Å². The summed E-state index contributed by atoms with van der Waals surface area (Å²) in [5.41, 5.74) is 1.73. The zero-order valence-electron chi connectivity index (χ0n) is 14.4. The largest absolute Gasteiger partial charge is 0.487 e. The number of carbonyl (C=O) groups excluding carboxylic acids is 1. The number of ether oxygens (including phenoxy) is 2. The topological polar surface area (TPSA) is 59.6 Å². The van der Waals surface area contributed by atoms with Crippen molar-refractivity contribution in [3.8, 4) is 5.75 Å². The number of benzene rings is 2. The van der Waals surface area contributed by atoms with Crippen LogP contribution in [0.1, 0.15) is 18.5 Å². The minimum Gasteiger partial charge on any atom is -0.487 e. The molecule has 0 aliphatic heterocycles. The van der Waals surface area contributed by atoms with Crippen molar-refractivity contribution in [1.82, 2.24) is 5.32 Å². The van der Waals surface area contributed by atoms with E-state index in [2.05, 4.69) is 10.6 Å². The van der Waals surface area contributed by atoms with Gasteiger partial charge in [-0.25, -0.2) is 0 Å². The van der Waals surface area contributed by atoms with Crippen LogP contribution in [0.25, 0.3) is 0 Å². The van der Waals surface area contributed by atoms with E-state index < -0.39 is 0 Å². The van der Waals surface area contributed by atoms with Crippen LogP contribution in [0.15, 0.2) is 48.5 Å². The number of hydrogen-bond acceptors (Lipinski definition) is 4. The zero-order valence-corrected chi connectivity index (χ0v) is 15.2. The average Bonchev–Trinajstić information content (AvgIpc) is 2.62. The van der Waals surface area contributed by atoms with Gasteiger partial charge in [0.2, 0.25) is 5.91 Å². The summed E-state index contributed by atoms with van der Waals surface area (Å²) in [5.74, 6) is 0.407. The second kappa shape index (κ2) is 9.91. The van der Waals surface area contributed by atoms with Crippen LogP contribution < -0.4 is 15.4 Å². The van der Waals surface area contributed by atoms with Crippen molar-refractivity contribution in [2.45, 2.75) is 13.0 Å². The van der Waals surface area contributed by atoms with Crippen LogP contribution in [-0.4, -0.2) is 32.8 Å². The molecule has 0 saturated heterocycles. The number of para-hydroxylation sites is 1. The van der Waals surface area contributed by atoms with E-state index in [1.54, 1.807) is 19.2 Å². The van der Waals surface area contributed by atoms with Gasteiger partial charge in [0.05, 0.1) is 29.9 Å². The van der Waals surface area contributed by atoms with Crippen LogP contribution in [0.3, 0.4) is 0 Å². The van der Waals surface area contributed by atoms with E-state index >= 15 is 0 Å². The quantitative estimate of drug-likeness (QED) is 0.668. The number of halogens is 1. The summed E-state index contributed by atoms with van der Waals surface area (Å²) in [7, 11) is 1.60. The van der Waals surface area contributed by atoms with E-state index in [9.17, 15) is 4.79 Å². The number of rotatable bonds is 9. The van der Waals surface area contributed by atoms with E-state index in [4.69, 9.17) is 21.1 Å². The Balaban J connectivity index is 1.92. The molecule has 0 aromatic heterocycles. The summed E-state index contributed by atoms with van der Waals surface area (Å²) >= 11 is 6.18. The van der Waals surface area contributed by atoms with Crippen molar-refractivity contribution >= 4 is 23.2 Å². The first-order valence-corrected chi connectivity index (χ1v) is 8.48. The van der Waals surface area contributed by atoms with E-state index in [0.29, 0.717) is 29.7 Å². The molecule has 2 rings (SSSR count). The Morgan fingerprint density at radius 1 is 1.12 bits per heavy atom. The second-order valence-electron chi connectivity index (χ2n) is 5.51. The van der Waals surface area contributed by atoms with Crippen LogP contribution in [0.5, 0.6) is 5.75 Å². The fraction of sp³-hybridized carbons (Fsp3) is 0.316. The van der Waals surface area contributed by atoms with E-state index in [1.165, 1.54) is 0 Å². The van der Waals surface area contributed by atoms with Crippen LogP contribution >= 0.6 is 11.6 Å². The molecule has 25 heavy (non-hydrogen) atoms. The normalized spacial score (nSPS) is 11.6. The van der Waals surface area contributed by atoms with Crippen molar-refractivity contribution in [1.29, 1.82) is 0 Å². The molecule has 0 radical (unpaired) electrons. The highest BCUT2D eigenvalue weighted by molar-refractivity contribution is 6.32. The Labute approximate surface area is 153 Å². The van der Waals surface area contributed by atoms with Gasteiger partial charge in [-0.2, -0.15) is 0 Å². The SMILES string of the molecule is COCCOc1c(Cl)cccc1NCC(=O)NC(C)c1ccccc1. The molecule has 5 nitrogen and oxygen atoms in total. The zero-order chi connectivity index (χ0) is 18.1. The number of amides is 1. The van der Waals surface area contributed by atoms with Gasteiger partial charge in [-0.1, -0.05) is 48.0 Å². The molecule has 0 bridgehead atoms. The third kappa shape index (κ3) is 5.96. The van der Waals surface area contributed by atoms with Crippen LogP contribution in [0.4, 0.5) is 5.69 Å². The summed E-state index contributed by atoms with van der Waals surface area (Å²) in [5, 5.41) is 6.52. The van der Waals surface area contributed by atoms with Crippen molar-refractivity contribution in [3.05, 3.63) is 59.1 Å². The van der Waals surface area contributed by atoms with Gasteiger partial charge in [0.25, 0.3) is 0 Å². The molecule has 2 aromatic carbocycles. The average molecular weight is 363 g/mol. The van der Waals surface area contributed by atoms with Crippen LogP contribution in [-0.2, 0) is 9.53 Å². The van der Waals surface area contributed by atoms with E-state index in [1.807, 2.05) is 43.3 Å². The van der Waals surface area contributed by atoms with E-state index in [0.717, 1.165) is 5.56 Å². The smallest absolute Gasteiger partial charge is 0.239 e. The third-order valence-corrected chi connectivity index (χ3v) is 3.91. The van der Waals surface area contributed by atoms with Gasteiger partial charge >= 0.3 is 0 Å². The Morgan fingerprint density at radius 3 is 2.60 bits per heavy atom. The standard InChI is InChI=1S/C19H23ClN2O3/c1-14(15-7-4-3-5-8-15)22-18(23)13-21-17-10-6-9-16(20)19(17)25-12-11-24-2/h3-10,14,21H,11-13H2,1-2H3,(H,22,23). The highest BCUT2D eigenvalue weighted by Crippen LogP contribution is 2.32. The summed E-state index contributed by atoms with van der Waals surface area (Å²) in [4.78, 5) is 12.2. The molecule has 2 aromatic rings. The number of carbonyl (C=O) groups is 1. The van der Waals surface area contributed by atoms with Gasteiger partial charge in [-0.3, -0.25) is 4.79 Å². The highest BCUT2D eigenvalue weighted by Gasteiger charge is 2.12. The van der Waals surface area contributed by atoms with Gasteiger partial charge in [0.1, 0.15) is 6.61 Å². The maximum Gasteiger partial charge on any atom is 0.239 e. The lowest BCUT2D eigenvalue weighted by Gasteiger charge is -2.17. The molecule has 0 aliphatic rings. The summed E-state index contributed by atoms with van der Waals surface area (Å²) in [6, 6.07) is 15.1. The van der Waals surface area contributed by atoms with Crippen molar-refractivity contribution < 1.29 is 14.3 Å².